The Bertz CT molecular complexity index is 155. The van der Waals surface area contributed by atoms with Crippen molar-refractivity contribution in [1.82, 2.24) is 10.2 Å². The van der Waals surface area contributed by atoms with Crippen molar-refractivity contribution in [1.29, 1.82) is 0 Å². The van der Waals surface area contributed by atoms with Gasteiger partial charge in [0.05, 0.1) is 6.54 Å². The minimum Gasteiger partial charge on any atom is -0.311 e. The number of hydrogen-bond acceptors (Lipinski definition) is 2. The minimum atomic E-state index is -2.25. The summed E-state index contributed by atoms with van der Waals surface area (Å²) >= 11 is 0. The third-order valence-electron chi connectivity index (χ3n) is 2.11. The lowest BCUT2D eigenvalue weighted by atomic mass is 10.1. The minimum absolute atomic E-state index is 0.0416. The second-order valence-electron chi connectivity index (χ2n) is 4.81. The molecule has 0 aromatic heterocycles. The first-order chi connectivity index (χ1) is 6.22. The monoisotopic (exact) mass is 208 g/mol. The van der Waals surface area contributed by atoms with E-state index in [-0.39, 0.29) is 18.1 Å². The fourth-order valence-corrected chi connectivity index (χ4v) is 1.01. The lowest BCUT2D eigenvalue weighted by molar-refractivity contribution is 0.0827. The first-order valence-electron chi connectivity index (χ1n) is 4.96. The second-order valence-corrected chi connectivity index (χ2v) is 4.81. The molecule has 1 N–H and O–H groups in total. The Kier molecular flexibility index (Phi) is 5.52. The highest BCUT2D eigenvalue weighted by Gasteiger charge is 2.16. The zero-order valence-electron chi connectivity index (χ0n) is 9.77. The van der Waals surface area contributed by atoms with Gasteiger partial charge in [-0.3, -0.25) is 4.90 Å². The van der Waals surface area contributed by atoms with Crippen LogP contribution in [-0.4, -0.2) is 43.0 Å². The third-order valence-corrected chi connectivity index (χ3v) is 2.11. The number of likely N-dealkylation sites (N-methyl/N-ethyl adjacent to an activating group) is 1. The lowest BCUT2D eigenvalue weighted by Crippen LogP contribution is -2.46. The first-order valence-corrected chi connectivity index (χ1v) is 4.96. The molecule has 0 aliphatic rings. The molecule has 0 saturated carbocycles. The zero-order chi connectivity index (χ0) is 11.4. The van der Waals surface area contributed by atoms with Gasteiger partial charge in [0.15, 0.2) is 0 Å². The largest absolute Gasteiger partial charge is 0.311 e. The fraction of sp³-hybridized carbons (Fsp3) is 1.00. The first kappa shape index (κ1) is 13.8. The molecule has 2 nitrogen and oxygen atoms in total. The quantitative estimate of drug-likeness (QED) is 0.743. The maximum Gasteiger partial charge on any atom is 0.251 e. The normalized spacial score (nSPS) is 15.2. The van der Waals surface area contributed by atoms with E-state index in [1.54, 1.807) is 11.9 Å². The Labute approximate surface area is 85.7 Å². The molecule has 0 aliphatic heterocycles. The van der Waals surface area contributed by atoms with Gasteiger partial charge in [0, 0.05) is 18.1 Å². The van der Waals surface area contributed by atoms with Crippen LogP contribution >= 0.6 is 0 Å². The molecular weight excluding hydrogens is 186 g/mol. The van der Waals surface area contributed by atoms with Gasteiger partial charge in [-0.05, 0) is 34.7 Å². The molecule has 4 heteroatoms. The molecule has 1 atom stereocenters. The topological polar surface area (TPSA) is 15.3 Å². The van der Waals surface area contributed by atoms with E-state index in [0.717, 1.165) is 6.54 Å². The van der Waals surface area contributed by atoms with E-state index in [1.807, 2.05) is 6.92 Å². The Morgan fingerprint density at radius 3 is 2.14 bits per heavy atom. The van der Waals surface area contributed by atoms with Crippen molar-refractivity contribution < 1.29 is 8.78 Å². The number of rotatable bonds is 5. The number of nitrogens with one attached hydrogen (secondary N) is 1. The Balaban J connectivity index is 3.78. The van der Waals surface area contributed by atoms with Gasteiger partial charge in [0.1, 0.15) is 0 Å². The molecule has 0 bridgehead atoms. The standard InChI is InChI=1S/C10H22F2N2/c1-8(6-13-10(2,3)4)14(5)7-9(11)12/h8-9,13H,6-7H2,1-5H3. The molecule has 0 aromatic rings. The van der Waals surface area contributed by atoms with Crippen LogP contribution in [0, 0.1) is 0 Å². The van der Waals surface area contributed by atoms with Crippen LogP contribution < -0.4 is 5.32 Å². The number of halogens is 2. The summed E-state index contributed by atoms with van der Waals surface area (Å²) in [7, 11) is 1.72. The summed E-state index contributed by atoms with van der Waals surface area (Å²) in [6.07, 6.45) is -2.25. The zero-order valence-corrected chi connectivity index (χ0v) is 9.77. The second kappa shape index (κ2) is 5.61. The van der Waals surface area contributed by atoms with Crippen LogP contribution in [-0.2, 0) is 0 Å². The molecule has 0 aromatic carbocycles. The van der Waals surface area contributed by atoms with Gasteiger partial charge in [-0.15, -0.1) is 0 Å². The van der Waals surface area contributed by atoms with Gasteiger partial charge in [0.25, 0.3) is 6.43 Å². The van der Waals surface area contributed by atoms with Crippen LogP contribution in [0.1, 0.15) is 27.7 Å². The van der Waals surface area contributed by atoms with E-state index in [9.17, 15) is 8.78 Å². The van der Waals surface area contributed by atoms with Gasteiger partial charge >= 0.3 is 0 Å². The van der Waals surface area contributed by atoms with E-state index in [4.69, 9.17) is 0 Å². The Hall–Kier alpha value is -0.220. The van der Waals surface area contributed by atoms with Gasteiger partial charge in [-0.25, -0.2) is 8.78 Å². The van der Waals surface area contributed by atoms with E-state index in [1.165, 1.54) is 0 Å². The molecular formula is C10H22F2N2. The van der Waals surface area contributed by atoms with Crippen molar-refractivity contribution >= 4 is 0 Å². The van der Waals surface area contributed by atoms with Gasteiger partial charge < -0.3 is 5.32 Å². The summed E-state index contributed by atoms with van der Waals surface area (Å²) in [6, 6.07) is 0.128. The summed E-state index contributed by atoms with van der Waals surface area (Å²) < 4.78 is 24.1. The van der Waals surface area contributed by atoms with Crippen molar-refractivity contribution in [2.45, 2.75) is 45.7 Å². The van der Waals surface area contributed by atoms with Gasteiger partial charge in [-0.2, -0.15) is 0 Å². The molecule has 0 fully saturated rings. The molecule has 86 valence electrons. The molecule has 1 unspecified atom stereocenters. The Morgan fingerprint density at radius 2 is 1.79 bits per heavy atom. The third kappa shape index (κ3) is 7.21. The molecule has 14 heavy (non-hydrogen) atoms. The number of nitrogens with zero attached hydrogens (tertiary/aromatic N) is 1. The van der Waals surface area contributed by atoms with E-state index in [2.05, 4.69) is 26.1 Å². The predicted molar refractivity (Wildman–Crippen MR) is 55.9 cm³/mol. The number of hydrogen-bond donors (Lipinski definition) is 1. The van der Waals surface area contributed by atoms with Crippen LogP contribution in [0.15, 0.2) is 0 Å². The van der Waals surface area contributed by atoms with Gasteiger partial charge in [-0.1, -0.05) is 0 Å². The molecule has 0 saturated heterocycles. The summed E-state index contributed by atoms with van der Waals surface area (Å²) in [6.45, 7) is 8.70. The highest BCUT2D eigenvalue weighted by molar-refractivity contribution is 4.75. The van der Waals surface area contributed by atoms with E-state index < -0.39 is 6.43 Å². The van der Waals surface area contributed by atoms with E-state index in [0.29, 0.717) is 0 Å². The van der Waals surface area contributed by atoms with Crippen LogP contribution in [0.3, 0.4) is 0 Å². The van der Waals surface area contributed by atoms with Crippen molar-refractivity contribution in [3.8, 4) is 0 Å². The SMILES string of the molecule is CC(CNC(C)(C)C)N(C)CC(F)F. The average molecular weight is 208 g/mol. The molecule has 0 radical (unpaired) electrons. The summed E-state index contributed by atoms with van der Waals surface area (Å²) in [5, 5.41) is 3.29. The van der Waals surface area contributed by atoms with Crippen LogP contribution in [0.5, 0.6) is 0 Å². The molecule has 0 spiro atoms. The van der Waals surface area contributed by atoms with Crippen LogP contribution in [0.25, 0.3) is 0 Å². The highest BCUT2D eigenvalue weighted by atomic mass is 19.3. The van der Waals surface area contributed by atoms with Crippen molar-refractivity contribution in [2.24, 2.45) is 0 Å². The van der Waals surface area contributed by atoms with Crippen molar-refractivity contribution in [2.75, 3.05) is 20.1 Å². The van der Waals surface area contributed by atoms with E-state index >= 15 is 0 Å². The van der Waals surface area contributed by atoms with Crippen LogP contribution in [0.2, 0.25) is 0 Å². The fourth-order valence-electron chi connectivity index (χ4n) is 1.01. The Morgan fingerprint density at radius 1 is 1.29 bits per heavy atom. The molecule has 0 rings (SSSR count). The molecule has 0 aliphatic carbocycles. The maximum atomic E-state index is 12.1. The van der Waals surface area contributed by atoms with Gasteiger partial charge in [0.2, 0.25) is 0 Å². The van der Waals surface area contributed by atoms with Crippen molar-refractivity contribution in [3.63, 3.8) is 0 Å². The van der Waals surface area contributed by atoms with Crippen LogP contribution in [0.4, 0.5) is 8.78 Å². The average Bonchev–Trinajstić information content (AvgIpc) is 1.97. The summed E-state index contributed by atoms with van der Waals surface area (Å²) in [5.74, 6) is 0. The molecule has 0 amide bonds. The maximum absolute atomic E-state index is 12.1. The lowest BCUT2D eigenvalue weighted by Gasteiger charge is -2.28. The summed E-state index contributed by atoms with van der Waals surface area (Å²) in [4.78, 5) is 1.67. The summed E-state index contributed by atoms with van der Waals surface area (Å²) in [5.41, 5.74) is 0.0416. The van der Waals surface area contributed by atoms with Crippen molar-refractivity contribution in [3.05, 3.63) is 0 Å². The predicted octanol–water partition coefficient (Wildman–Crippen LogP) is 1.96. The number of alkyl halides is 2. The molecule has 0 heterocycles. The smallest absolute Gasteiger partial charge is 0.251 e. The highest BCUT2D eigenvalue weighted by Crippen LogP contribution is 2.03.